The molecule has 2 saturated heterocycles. The van der Waals surface area contributed by atoms with Gasteiger partial charge >= 0.3 is 6.09 Å². The van der Waals surface area contributed by atoms with Crippen molar-refractivity contribution in [2.75, 3.05) is 12.4 Å². The Morgan fingerprint density at radius 1 is 0.939 bits per heavy atom. The Kier molecular flexibility index (Phi) is 14.6. The third-order valence-corrected chi connectivity index (χ3v) is 10.8. The molecular weight excluding hydrogens is 648 g/mol. The van der Waals surface area contributed by atoms with Gasteiger partial charge in [0.15, 0.2) is 9.84 Å². The summed E-state index contributed by atoms with van der Waals surface area (Å²) in [6.45, 7) is 11.4. The quantitative estimate of drug-likeness (QED) is 0.347. The van der Waals surface area contributed by atoms with Crippen LogP contribution in [0.25, 0.3) is 0 Å². The molecule has 0 bridgehead atoms. The number of hydrogen-bond acceptors (Lipinski definition) is 8. The summed E-state index contributed by atoms with van der Waals surface area (Å²) in [5, 5.41) is 7.76. The molecule has 0 unspecified atom stereocenters. The van der Waals surface area contributed by atoms with E-state index in [0.29, 0.717) is 25.8 Å². The molecule has 1 aromatic rings. The van der Waals surface area contributed by atoms with Gasteiger partial charge < -0.3 is 25.6 Å². The first-order chi connectivity index (χ1) is 23.0. The molecule has 0 saturated carbocycles. The number of carbonyl (C=O) groups excluding carboxylic acids is 5. The minimum atomic E-state index is -3.91. The number of carbonyl (C=O) groups is 5. The van der Waals surface area contributed by atoms with E-state index in [1.54, 1.807) is 32.9 Å². The molecule has 2 aliphatic rings. The average Bonchev–Trinajstić information content (AvgIpc) is 3.48. The fraction of sp³-hybridized carbons (Fsp3) is 0.694. The molecule has 12 nitrogen and oxygen atoms in total. The van der Waals surface area contributed by atoms with Crippen molar-refractivity contribution >= 4 is 39.4 Å². The molecule has 1 aromatic carbocycles. The van der Waals surface area contributed by atoms with Crippen molar-refractivity contribution in [3.8, 4) is 0 Å². The highest BCUT2D eigenvalue weighted by atomic mass is 32.2. The van der Waals surface area contributed by atoms with E-state index in [1.807, 2.05) is 20.8 Å². The standard InChI is InChI=1S/C36H56N4O8S/c1-24(2)26-21-30-32(42)38-28(31(41)33(43)37-23-49(46,47)27-19-17-25(3)18-20-27)15-13-11-9-7-8-10-12-14-16-29(34(44)40(30)22-26)39-35(45)48-36(4,5)6/h17-20,24,26,28-30H,7-16,21-23H2,1-6H3,(H,37,43)(H,38,42)(H,39,45)/t26-,28+,29+,30+/m1/s1. The molecule has 4 atom stereocenters. The zero-order chi connectivity index (χ0) is 36.4. The highest BCUT2D eigenvalue weighted by Crippen LogP contribution is 2.31. The van der Waals surface area contributed by atoms with Crippen molar-refractivity contribution in [3.63, 3.8) is 0 Å². The summed E-state index contributed by atoms with van der Waals surface area (Å²) in [7, 11) is -3.91. The van der Waals surface area contributed by atoms with Crippen molar-refractivity contribution in [3.05, 3.63) is 29.8 Å². The number of fused-ring (bicyclic) bond motifs is 1. The third-order valence-electron chi connectivity index (χ3n) is 9.25. The number of Topliss-reactive ketones (excluding diaryl/α,β-unsaturated/α-hetero) is 1. The van der Waals surface area contributed by atoms with Crippen molar-refractivity contribution in [2.45, 2.75) is 141 Å². The maximum absolute atomic E-state index is 14.1. The lowest BCUT2D eigenvalue weighted by molar-refractivity contribution is -0.143. The van der Waals surface area contributed by atoms with Crippen molar-refractivity contribution < 1.29 is 37.1 Å². The zero-order valence-corrected chi connectivity index (χ0v) is 30.8. The molecule has 2 heterocycles. The number of benzene rings is 1. The topological polar surface area (TPSA) is 168 Å². The number of alkyl carbamates (subject to hydrolysis) is 1. The number of amides is 4. The van der Waals surface area contributed by atoms with Crippen molar-refractivity contribution in [2.24, 2.45) is 11.8 Å². The smallest absolute Gasteiger partial charge is 0.408 e. The summed E-state index contributed by atoms with van der Waals surface area (Å²) < 4.78 is 31.1. The van der Waals surface area contributed by atoms with Gasteiger partial charge in [0.25, 0.3) is 5.91 Å². The van der Waals surface area contributed by atoms with Crippen LogP contribution in [0.3, 0.4) is 0 Å². The number of nitrogens with zero attached hydrogens (tertiary/aromatic N) is 1. The van der Waals surface area contributed by atoms with E-state index in [-0.39, 0.29) is 29.1 Å². The maximum Gasteiger partial charge on any atom is 0.408 e. The van der Waals surface area contributed by atoms with Crippen LogP contribution in [0.2, 0.25) is 0 Å². The summed E-state index contributed by atoms with van der Waals surface area (Å²) in [4.78, 5) is 68.9. The minimum Gasteiger partial charge on any atom is -0.444 e. The van der Waals surface area contributed by atoms with Crippen LogP contribution in [0.5, 0.6) is 0 Å². The van der Waals surface area contributed by atoms with E-state index in [2.05, 4.69) is 16.0 Å². The van der Waals surface area contributed by atoms with Gasteiger partial charge in [-0.3, -0.25) is 19.2 Å². The highest BCUT2D eigenvalue weighted by Gasteiger charge is 2.44. The Morgan fingerprint density at radius 2 is 1.51 bits per heavy atom. The van der Waals surface area contributed by atoms with E-state index < -0.39 is 63.1 Å². The Morgan fingerprint density at radius 3 is 2.08 bits per heavy atom. The number of aryl methyl sites for hydroxylation is 1. The van der Waals surface area contributed by atoms with Crippen LogP contribution in [0, 0.1) is 18.8 Å². The van der Waals surface area contributed by atoms with Crippen LogP contribution >= 0.6 is 0 Å². The molecule has 4 amide bonds. The molecular formula is C36H56N4O8S. The van der Waals surface area contributed by atoms with Crippen molar-refractivity contribution in [1.29, 1.82) is 0 Å². The van der Waals surface area contributed by atoms with Gasteiger partial charge in [0.1, 0.15) is 23.6 Å². The van der Waals surface area contributed by atoms with Crippen LogP contribution in [0.4, 0.5) is 4.79 Å². The molecule has 2 fully saturated rings. The normalized spacial score (nSPS) is 23.6. The van der Waals surface area contributed by atoms with E-state index in [4.69, 9.17) is 4.74 Å². The molecule has 49 heavy (non-hydrogen) atoms. The molecule has 274 valence electrons. The number of ether oxygens (including phenoxy) is 1. The molecule has 0 aliphatic carbocycles. The van der Waals surface area contributed by atoms with Gasteiger partial charge in [-0.1, -0.05) is 82.9 Å². The molecule has 3 rings (SSSR count). The number of hydrogen-bond donors (Lipinski definition) is 3. The van der Waals surface area contributed by atoms with Crippen LogP contribution in [0.15, 0.2) is 29.2 Å². The fourth-order valence-electron chi connectivity index (χ4n) is 6.28. The molecule has 2 aliphatic heterocycles. The van der Waals surface area contributed by atoms with Gasteiger partial charge in [-0.2, -0.15) is 0 Å². The fourth-order valence-corrected chi connectivity index (χ4v) is 7.32. The summed E-state index contributed by atoms with van der Waals surface area (Å²) in [6, 6.07) is 3.16. The van der Waals surface area contributed by atoms with Gasteiger partial charge in [-0.05, 0) is 70.9 Å². The van der Waals surface area contributed by atoms with Gasteiger partial charge in [0.05, 0.1) is 10.9 Å². The first-order valence-corrected chi connectivity index (χ1v) is 19.4. The Labute approximate surface area is 291 Å². The second kappa shape index (κ2) is 18.0. The number of sulfone groups is 1. The number of nitrogens with one attached hydrogen (secondary N) is 3. The molecule has 0 radical (unpaired) electrons. The molecule has 13 heteroatoms. The van der Waals surface area contributed by atoms with Gasteiger partial charge in [-0.15, -0.1) is 0 Å². The lowest BCUT2D eigenvalue weighted by Crippen LogP contribution is -2.56. The summed E-state index contributed by atoms with van der Waals surface area (Å²) in [5.74, 6) is -3.61. The highest BCUT2D eigenvalue weighted by molar-refractivity contribution is 7.91. The number of ketones is 1. The molecule has 0 aromatic heterocycles. The van der Waals surface area contributed by atoms with Crippen molar-refractivity contribution in [1.82, 2.24) is 20.9 Å². The first-order valence-electron chi connectivity index (χ1n) is 17.7. The second-order valence-electron chi connectivity index (χ2n) is 14.9. The second-order valence-corrected chi connectivity index (χ2v) is 16.8. The Hall–Kier alpha value is -3.48. The summed E-state index contributed by atoms with van der Waals surface area (Å²) >= 11 is 0. The first kappa shape index (κ1) is 40.0. The monoisotopic (exact) mass is 704 g/mol. The molecule has 0 spiro atoms. The van der Waals surface area contributed by atoms with Crippen LogP contribution < -0.4 is 16.0 Å². The minimum absolute atomic E-state index is 0.00287. The Bertz CT molecular complexity index is 1420. The summed E-state index contributed by atoms with van der Waals surface area (Å²) in [5.41, 5.74) is 0.114. The van der Waals surface area contributed by atoms with Gasteiger partial charge in [-0.25, -0.2) is 13.2 Å². The predicted molar refractivity (Wildman–Crippen MR) is 186 cm³/mol. The van der Waals surface area contributed by atoms with E-state index in [9.17, 15) is 32.4 Å². The van der Waals surface area contributed by atoms with Gasteiger partial charge in [0.2, 0.25) is 17.6 Å². The summed E-state index contributed by atoms with van der Waals surface area (Å²) in [6.07, 6.45) is 7.10. The third kappa shape index (κ3) is 12.4. The zero-order valence-electron chi connectivity index (χ0n) is 30.0. The molecule has 3 N–H and O–H groups in total. The number of rotatable bonds is 7. The SMILES string of the molecule is Cc1ccc(S(=O)(=O)CNC(=O)C(=O)[C@@H]2CCCCCCCCCC[C@H](NC(=O)OC(C)(C)C)C(=O)N3C[C@H](C(C)C)C[C@H]3C(=O)N2)cc1. The lowest BCUT2D eigenvalue weighted by atomic mass is 9.93. The van der Waals surface area contributed by atoms with E-state index in [0.717, 1.165) is 50.5 Å². The van der Waals surface area contributed by atoms with Crippen LogP contribution in [-0.2, 0) is 33.8 Å². The van der Waals surface area contributed by atoms with E-state index in [1.165, 1.54) is 17.0 Å². The van der Waals surface area contributed by atoms with E-state index >= 15 is 0 Å². The predicted octanol–water partition coefficient (Wildman–Crippen LogP) is 4.58. The lowest BCUT2D eigenvalue weighted by Gasteiger charge is -2.30. The average molecular weight is 705 g/mol. The Balaban J connectivity index is 1.84. The largest absolute Gasteiger partial charge is 0.444 e. The van der Waals surface area contributed by atoms with Crippen LogP contribution in [0.1, 0.15) is 111 Å². The van der Waals surface area contributed by atoms with Crippen LogP contribution in [-0.4, -0.2) is 79.1 Å². The van der Waals surface area contributed by atoms with Gasteiger partial charge in [0, 0.05) is 6.54 Å². The maximum atomic E-state index is 14.1.